The van der Waals surface area contributed by atoms with Gasteiger partial charge in [0, 0.05) is 5.39 Å². The summed E-state index contributed by atoms with van der Waals surface area (Å²) < 4.78 is 0. The summed E-state index contributed by atoms with van der Waals surface area (Å²) in [5.74, 6) is -1.61. The molecule has 0 saturated heterocycles. The Hall–Kier alpha value is -2.69. The molecule has 1 amide bonds. The van der Waals surface area contributed by atoms with Crippen LogP contribution in [0.4, 0.5) is 0 Å². The molecule has 5 heteroatoms. The number of aromatic nitrogens is 1. The highest BCUT2D eigenvalue weighted by Crippen LogP contribution is 2.11. The Balaban J connectivity index is 2.22. The van der Waals surface area contributed by atoms with Crippen molar-refractivity contribution in [2.24, 2.45) is 0 Å². The second-order valence-corrected chi connectivity index (χ2v) is 4.28. The molecule has 0 unspecified atom stereocenters. The highest BCUT2D eigenvalue weighted by molar-refractivity contribution is 5.96. The molecule has 2 N–H and O–H groups in total. The van der Waals surface area contributed by atoms with Gasteiger partial charge >= 0.3 is 5.97 Å². The predicted molar refractivity (Wildman–Crippen MR) is 75.4 cm³/mol. The SMILES string of the molecule is C=CC[C@@H](NC(=O)c1ccc2ccccc2n1)C(=O)O. The van der Waals surface area contributed by atoms with Crippen molar-refractivity contribution in [1.29, 1.82) is 0 Å². The van der Waals surface area contributed by atoms with Gasteiger partial charge in [0.25, 0.3) is 5.91 Å². The van der Waals surface area contributed by atoms with Crippen LogP contribution in [-0.2, 0) is 4.79 Å². The maximum Gasteiger partial charge on any atom is 0.326 e. The largest absolute Gasteiger partial charge is 0.480 e. The van der Waals surface area contributed by atoms with E-state index in [1.807, 2.05) is 18.2 Å². The number of carboxylic acid groups (broad SMARTS) is 1. The summed E-state index contributed by atoms with van der Waals surface area (Å²) >= 11 is 0. The Morgan fingerprint density at radius 1 is 1.30 bits per heavy atom. The van der Waals surface area contributed by atoms with Gasteiger partial charge in [0.05, 0.1) is 5.52 Å². The minimum absolute atomic E-state index is 0.161. The molecule has 1 heterocycles. The van der Waals surface area contributed by atoms with Crippen LogP contribution in [-0.4, -0.2) is 28.0 Å². The van der Waals surface area contributed by atoms with Gasteiger partial charge in [-0.15, -0.1) is 6.58 Å². The molecule has 0 aliphatic rings. The van der Waals surface area contributed by atoms with Crippen LogP contribution >= 0.6 is 0 Å². The molecule has 1 aromatic carbocycles. The van der Waals surface area contributed by atoms with E-state index in [4.69, 9.17) is 5.11 Å². The van der Waals surface area contributed by atoms with Crippen molar-refractivity contribution in [1.82, 2.24) is 10.3 Å². The van der Waals surface area contributed by atoms with Gasteiger partial charge < -0.3 is 10.4 Å². The van der Waals surface area contributed by atoms with Gasteiger partial charge in [-0.25, -0.2) is 9.78 Å². The lowest BCUT2D eigenvalue weighted by Crippen LogP contribution is -2.40. The summed E-state index contributed by atoms with van der Waals surface area (Å²) in [4.78, 5) is 27.2. The molecule has 20 heavy (non-hydrogen) atoms. The summed E-state index contributed by atoms with van der Waals surface area (Å²) in [5.41, 5.74) is 0.884. The van der Waals surface area contributed by atoms with Gasteiger partial charge in [0.2, 0.25) is 0 Å². The van der Waals surface area contributed by atoms with E-state index in [0.717, 1.165) is 5.39 Å². The van der Waals surface area contributed by atoms with E-state index >= 15 is 0 Å². The molecule has 0 radical (unpaired) electrons. The molecule has 0 aliphatic carbocycles. The van der Waals surface area contributed by atoms with Crippen molar-refractivity contribution >= 4 is 22.8 Å². The molecule has 0 bridgehead atoms. The third kappa shape index (κ3) is 3.00. The van der Waals surface area contributed by atoms with Crippen molar-refractivity contribution in [3.05, 3.63) is 54.7 Å². The first-order valence-corrected chi connectivity index (χ1v) is 6.12. The molecule has 102 valence electrons. The molecule has 0 fully saturated rings. The highest BCUT2D eigenvalue weighted by Gasteiger charge is 2.19. The number of rotatable bonds is 5. The van der Waals surface area contributed by atoms with Crippen molar-refractivity contribution in [3.8, 4) is 0 Å². The number of hydrogen-bond donors (Lipinski definition) is 2. The minimum Gasteiger partial charge on any atom is -0.480 e. The van der Waals surface area contributed by atoms with Gasteiger partial charge in [-0.3, -0.25) is 4.79 Å². The van der Waals surface area contributed by atoms with Crippen LogP contribution in [0.3, 0.4) is 0 Å². The monoisotopic (exact) mass is 270 g/mol. The zero-order valence-electron chi connectivity index (χ0n) is 10.7. The predicted octanol–water partition coefficient (Wildman–Crippen LogP) is 1.99. The van der Waals surface area contributed by atoms with E-state index in [2.05, 4.69) is 16.9 Å². The second kappa shape index (κ2) is 5.97. The van der Waals surface area contributed by atoms with Crippen molar-refractivity contribution in [3.63, 3.8) is 0 Å². The average Bonchev–Trinajstić information content (AvgIpc) is 2.46. The van der Waals surface area contributed by atoms with Crippen molar-refractivity contribution < 1.29 is 14.7 Å². The molecule has 1 atom stereocenters. The molecule has 1 aromatic heterocycles. The smallest absolute Gasteiger partial charge is 0.326 e. The number of amides is 1. The fourth-order valence-corrected chi connectivity index (χ4v) is 1.81. The standard InChI is InChI=1S/C15H14N2O3/c1-2-5-13(15(19)20)17-14(18)12-9-8-10-6-3-4-7-11(10)16-12/h2-4,6-9,13H,1,5H2,(H,17,18)(H,19,20)/t13-/m1/s1. The Labute approximate surface area is 115 Å². The fraction of sp³-hybridized carbons (Fsp3) is 0.133. The third-order valence-electron chi connectivity index (χ3n) is 2.84. The van der Waals surface area contributed by atoms with Gasteiger partial charge in [0.1, 0.15) is 11.7 Å². The van der Waals surface area contributed by atoms with Crippen molar-refractivity contribution in [2.45, 2.75) is 12.5 Å². The first kappa shape index (κ1) is 13.7. The van der Waals surface area contributed by atoms with Crippen molar-refractivity contribution in [2.75, 3.05) is 0 Å². The highest BCUT2D eigenvalue weighted by atomic mass is 16.4. The molecule has 0 aliphatic heterocycles. The molecular weight excluding hydrogens is 256 g/mol. The van der Waals surface area contributed by atoms with E-state index < -0.39 is 17.9 Å². The van der Waals surface area contributed by atoms with Crippen LogP contribution in [0, 0.1) is 0 Å². The number of carbonyl (C=O) groups is 2. The number of carbonyl (C=O) groups excluding carboxylic acids is 1. The lowest BCUT2D eigenvalue weighted by Gasteiger charge is -2.12. The van der Waals surface area contributed by atoms with E-state index in [1.54, 1.807) is 18.2 Å². The second-order valence-electron chi connectivity index (χ2n) is 4.28. The average molecular weight is 270 g/mol. The molecule has 2 rings (SSSR count). The van der Waals surface area contributed by atoms with Gasteiger partial charge in [-0.05, 0) is 18.6 Å². The maximum atomic E-state index is 12.0. The number of nitrogens with one attached hydrogen (secondary N) is 1. The van der Waals surface area contributed by atoms with Crippen LogP contribution in [0.5, 0.6) is 0 Å². The molecular formula is C15H14N2O3. The van der Waals surface area contributed by atoms with Crippen LogP contribution in [0.25, 0.3) is 10.9 Å². The summed E-state index contributed by atoms with van der Waals surface area (Å²) in [7, 11) is 0. The molecule has 5 nitrogen and oxygen atoms in total. The Bertz CT molecular complexity index is 667. The number of carboxylic acids is 1. The zero-order valence-corrected chi connectivity index (χ0v) is 10.7. The van der Waals surface area contributed by atoms with Crippen LogP contribution in [0.2, 0.25) is 0 Å². The third-order valence-corrected chi connectivity index (χ3v) is 2.84. The summed E-state index contributed by atoms with van der Waals surface area (Å²) in [6, 6.07) is 9.76. The van der Waals surface area contributed by atoms with Crippen LogP contribution in [0.15, 0.2) is 49.1 Å². The fourth-order valence-electron chi connectivity index (χ4n) is 1.81. The molecule has 2 aromatic rings. The Morgan fingerprint density at radius 3 is 2.75 bits per heavy atom. The van der Waals surface area contributed by atoms with E-state index in [1.165, 1.54) is 6.08 Å². The number of benzene rings is 1. The van der Waals surface area contributed by atoms with E-state index in [9.17, 15) is 9.59 Å². The first-order chi connectivity index (χ1) is 9.61. The summed E-state index contributed by atoms with van der Waals surface area (Å²) in [6.07, 6.45) is 1.61. The maximum absolute atomic E-state index is 12.0. The van der Waals surface area contributed by atoms with Crippen LogP contribution in [0.1, 0.15) is 16.9 Å². The van der Waals surface area contributed by atoms with Gasteiger partial charge in [-0.1, -0.05) is 30.3 Å². The number of fused-ring (bicyclic) bond motifs is 1. The number of para-hydroxylation sites is 1. The summed E-state index contributed by atoms with van der Waals surface area (Å²) in [5, 5.41) is 12.3. The number of nitrogens with zero attached hydrogens (tertiary/aromatic N) is 1. The normalized spacial score (nSPS) is 11.8. The lowest BCUT2D eigenvalue weighted by molar-refractivity contribution is -0.139. The van der Waals surface area contributed by atoms with Crippen LogP contribution < -0.4 is 5.32 Å². The van der Waals surface area contributed by atoms with E-state index in [-0.39, 0.29) is 12.1 Å². The minimum atomic E-state index is -1.10. The quantitative estimate of drug-likeness (QED) is 0.814. The number of hydrogen-bond acceptors (Lipinski definition) is 3. The van der Waals surface area contributed by atoms with Gasteiger partial charge in [0.15, 0.2) is 0 Å². The molecule has 0 saturated carbocycles. The van der Waals surface area contributed by atoms with E-state index in [0.29, 0.717) is 5.52 Å². The first-order valence-electron chi connectivity index (χ1n) is 6.12. The number of aliphatic carboxylic acids is 1. The summed E-state index contributed by atoms with van der Waals surface area (Å²) in [6.45, 7) is 3.47. The lowest BCUT2D eigenvalue weighted by atomic mass is 10.1. The zero-order chi connectivity index (χ0) is 14.5. The molecule has 0 spiro atoms. The number of pyridine rings is 1. The topological polar surface area (TPSA) is 79.3 Å². The Morgan fingerprint density at radius 2 is 2.05 bits per heavy atom. The van der Waals surface area contributed by atoms with Gasteiger partial charge in [-0.2, -0.15) is 0 Å². The Kier molecular flexibility index (Phi) is 4.10.